The maximum Gasteiger partial charge on any atom is 0.345 e. The smallest absolute Gasteiger partial charge is 0.345 e. The number of benzene rings is 1. The molecule has 0 aliphatic carbocycles. The molecular weight excluding hydrogens is 332 g/mol. The van der Waals surface area contributed by atoms with Gasteiger partial charge in [0.1, 0.15) is 11.3 Å². The Hall–Kier alpha value is -2.30. The molecule has 0 aliphatic rings. The highest BCUT2D eigenvalue weighted by Crippen LogP contribution is 2.40. The van der Waals surface area contributed by atoms with Crippen molar-refractivity contribution in [2.24, 2.45) is 0 Å². The van der Waals surface area contributed by atoms with Crippen LogP contribution in [0.25, 0.3) is 6.08 Å². The molecule has 1 aromatic carbocycles. The molecule has 0 atom stereocenters. The van der Waals surface area contributed by atoms with Gasteiger partial charge in [0.2, 0.25) is 0 Å². The Morgan fingerprint density at radius 3 is 1.81 bits per heavy atom. The molecule has 0 heterocycles. The molecule has 0 saturated carbocycles. The Labute approximate surface area is 156 Å². The molecule has 1 rings (SSSR count). The van der Waals surface area contributed by atoms with Crippen LogP contribution in [0.2, 0.25) is 0 Å². The summed E-state index contributed by atoms with van der Waals surface area (Å²) in [4.78, 5) is 24.2. The first-order chi connectivity index (χ1) is 11.8. The van der Waals surface area contributed by atoms with Gasteiger partial charge in [-0.25, -0.2) is 9.59 Å². The summed E-state index contributed by atoms with van der Waals surface area (Å²) in [7, 11) is 1.22. The Balaban J connectivity index is 3.69. The summed E-state index contributed by atoms with van der Waals surface area (Å²) in [5.41, 5.74) is 1.30. The normalized spacial score (nSPS) is 12.7. The van der Waals surface area contributed by atoms with Crippen LogP contribution >= 0.6 is 0 Å². The topological polar surface area (TPSA) is 72.8 Å². The SMILES string of the molecule is CCOC(=O)/C(=C\c1cc(C(C)(C)C)c(O)c(C(C)(C)C)c1)C(=O)OC. The van der Waals surface area contributed by atoms with Crippen LogP contribution in [0, 0.1) is 0 Å². The van der Waals surface area contributed by atoms with E-state index in [1.807, 2.05) is 41.5 Å². The van der Waals surface area contributed by atoms with Crippen LogP contribution in [0.3, 0.4) is 0 Å². The number of ether oxygens (including phenoxy) is 2. The fourth-order valence-corrected chi connectivity index (χ4v) is 2.57. The van der Waals surface area contributed by atoms with E-state index >= 15 is 0 Å². The molecule has 0 aliphatic heterocycles. The lowest BCUT2D eigenvalue weighted by atomic mass is 9.78. The van der Waals surface area contributed by atoms with E-state index in [0.717, 1.165) is 11.1 Å². The maximum atomic E-state index is 12.1. The molecule has 0 saturated heterocycles. The van der Waals surface area contributed by atoms with Gasteiger partial charge in [-0.3, -0.25) is 0 Å². The van der Waals surface area contributed by atoms with Crippen molar-refractivity contribution in [1.82, 2.24) is 0 Å². The Morgan fingerprint density at radius 1 is 1.00 bits per heavy atom. The van der Waals surface area contributed by atoms with Crippen LogP contribution in [0.15, 0.2) is 17.7 Å². The van der Waals surface area contributed by atoms with Gasteiger partial charge in [-0.05, 0) is 41.5 Å². The molecule has 0 radical (unpaired) electrons. The lowest BCUT2D eigenvalue weighted by molar-refractivity contribution is -0.145. The monoisotopic (exact) mass is 362 g/mol. The van der Waals surface area contributed by atoms with Gasteiger partial charge in [0.25, 0.3) is 0 Å². The number of methoxy groups -OCH3 is 1. The molecule has 0 amide bonds. The van der Waals surface area contributed by atoms with Gasteiger partial charge in [0.05, 0.1) is 13.7 Å². The number of hydrogen-bond donors (Lipinski definition) is 1. The molecule has 0 spiro atoms. The molecule has 0 unspecified atom stereocenters. The summed E-state index contributed by atoms with van der Waals surface area (Å²) in [5.74, 6) is -1.26. The fraction of sp³-hybridized carbons (Fsp3) is 0.524. The highest BCUT2D eigenvalue weighted by molar-refractivity contribution is 6.17. The van der Waals surface area contributed by atoms with Gasteiger partial charge >= 0.3 is 11.9 Å². The maximum absolute atomic E-state index is 12.1. The van der Waals surface area contributed by atoms with Gasteiger partial charge in [-0.1, -0.05) is 41.5 Å². The van der Waals surface area contributed by atoms with Crippen LogP contribution in [-0.4, -0.2) is 30.8 Å². The van der Waals surface area contributed by atoms with Gasteiger partial charge in [0, 0.05) is 11.1 Å². The zero-order valence-electron chi connectivity index (χ0n) is 17.0. The van der Waals surface area contributed by atoms with E-state index in [9.17, 15) is 14.7 Å². The quantitative estimate of drug-likeness (QED) is 0.378. The van der Waals surface area contributed by atoms with Crippen molar-refractivity contribution >= 4 is 18.0 Å². The first-order valence-electron chi connectivity index (χ1n) is 8.68. The molecule has 26 heavy (non-hydrogen) atoms. The minimum absolute atomic E-state index is 0.156. The van der Waals surface area contributed by atoms with Crippen molar-refractivity contribution in [1.29, 1.82) is 0 Å². The molecule has 1 aromatic rings. The van der Waals surface area contributed by atoms with E-state index in [1.54, 1.807) is 19.1 Å². The summed E-state index contributed by atoms with van der Waals surface area (Å²) >= 11 is 0. The average Bonchev–Trinajstić information content (AvgIpc) is 2.50. The third-order valence-corrected chi connectivity index (χ3v) is 3.96. The second kappa shape index (κ2) is 7.94. The van der Waals surface area contributed by atoms with E-state index in [2.05, 4.69) is 0 Å². The number of carbonyl (C=O) groups is 2. The Bertz CT molecular complexity index is 680. The predicted octanol–water partition coefficient (Wildman–Crippen LogP) is 4.11. The number of phenolic OH excluding ortho intramolecular Hbond substituents is 1. The first-order valence-corrected chi connectivity index (χ1v) is 8.68. The van der Waals surface area contributed by atoms with Crippen molar-refractivity contribution in [3.05, 3.63) is 34.4 Å². The van der Waals surface area contributed by atoms with Crippen LogP contribution in [0.4, 0.5) is 0 Å². The number of aromatic hydroxyl groups is 1. The van der Waals surface area contributed by atoms with Crippen molar-refractivity contribution in [3.63, 3.8) is 0 Å². The number of rotatable bonds is 4. The second-order valence-electron chi connectivity index (χ2n) is 8.23. The van der Waals surface area contributed by atoms with Gasteiger partial charge in [-0.15, -0.1) is 0 Å². The zero-order valence-corrected chi connectivity index (χ0v) is 17.0. The standard InChI is InChI=1S/C21H30O5/c1-9-26-19(24)14(18(23)25-8)10-13-11-15(20(2,3)4)17(22)16(12-13)21(5,6)7/h10-12,22H,9H2,1-8H3/b14-10-. The van der Waals surface area contributed by atoms with E-state index in [1.165, 1.54) is 13.2 Å². The predicted molar refractivity (Wildman–Crippen MR) is 102 cm³/mol. The molecule has 5 nitrogen and oxygen atoms in total. The van der Waals surface area contributed by atoms with E-state index < -0.39 is 11.9 Å². The van der Waals surface area contributed by atoms with Gasteiger partial charge in [-0.2, -0.15) is 0 Å². The molecule has 0 bridgehead atoms. The summed E-state index contributed by atoms with van der Waals surface area (Å²) < 4.78 is 9.67. The average molecular weight is 362 g/mol. The Kier molecular flexibility index (Phi) is 6.64. The summed E-state index contributed by atoms with van der Waals surface area (Å²) in [6.07, 6.45) is 1.45. The molecule has 144 valence electrons. The number of hydrogen-bond acceptors (Lipinski definition) is 5. The highest BCUT2D eigenvalue weighted by Gasteiger charge is 2.27. The van der Waals surface area contributed by atoms with E-state index in [0.29, 0.717) is 5.56 Å². The van der Waals surface area contributed by atoms with Crippen molar-refractivity contribution < 1.29 is 24.2 Å². The summed E-state index contributed by atoms with van der Waals surface area (Å²) in [6.45, 7) is 13.8. The second-order valence-corrected chi connectivity index (χ2v) is 8.23. The minimum Gasteiger partial charge on any atom is -0.507 e. The van der Waals surface area contributed by atoms with Crippen molar-refractivity contribution in [2.75, 3.05) is 13.7 Å². The van der Waals surface area contributed by atoms with Gasteiger partial charge < -0.3 is 14.6 Å². The van der Waals surface area contributed by atoms with Gasteiger partial charge in [0.15, 0.2) is 0 Å². The first kappa shape index (κ1) is 21.7. The third-order valence-electron chi connectivity index (χ3n) is 3.96. The molecule has 5 heteroatoms. The summed E-state index contributed by atoms with van der Waals surface area (Å²) in [5, 5.41) is 10.8. The number of phenols is 1. The number of esters is 2. The molecule has 1 N–H and O–H groups in total. The molecule has 0 aromatic heterocycles. The third kappa shape index (κ3) is 5.10. The zero-order chi connectivity index (χ0) is 20.3. The van der Waals surface area contributed by atoms with Crippen molar-refractivity contribution in [2.45, 2.75) is 59.3 Å². The fourth-order valence-electron chi connectivity index (χ4n) is 2.57. The lowest BCUT2D eigenvalue weighted by Gasteiger charge is -2.28. The van der Waals surface area contributed by atoms with Crippen LogP contribution in [0.5, 0.6) is 5.75 Å². The molecule has 0 fully saturated rings. The largest absolute Gasteiger partial charge is 0.507 e. The summed E-state index contributed by atoms with van der Waals surface area (Å²) in [6, 6.07) is 3.57. The van der Waals surface area contributed by atoms with Crippen molar-refractivity contribution in [3.8, 4) is 5.75 Å². The van der Waals surface area contributed by atoms with Crippen LogP contribution in [0.1, 0.15) is 65.2 Å². The van der Waals surface area contributed by atoms with E-state index in [4.69, 9.17) is 9.47 Å². The minimum atomic E-state index is -0.758. The lowest BCUT2D eigenvalue weighted by Crippen LogP contribution is -2.19. The van der Waals surface area contributed by atoms with E-state index in [-0.39, 0.29) is 28.8 Å². The molecular formula is C21H30O5. The van der Waals surface area contributed by atoms with Crippen LogP contribution < -0.4 is 0 Å². The highest BCUT2D eigenvalue weighted by atomic mass is 16.5. The van der Waals surface area contributed by atoms with Crippen LogP contribution in [-0.2, 0) is 29.9 Å². The number of carbonyl (C=O) groups excluding carboxylic acids is 2. The Morgan fingerprint density at radius 2 is 1.46 bits per heavy atom.